The van der Waals surface area contributed by atoms with Crippen molar-refractivity contribution < 1.29 is 9.90 Å². The maximum Gasteiger partial charge on any atom is 0.303 e. The smallest absolute Gasteiger partial charge is 0.303 e. The summed E-state index contributed by atoms with van der Waals surface area (Å²) >= 11 is 6.85. The normalized spacial score (nSPS) is 10.8. The number of carbonyl (C=O) groups is 1. The molecule has 0 spiro atoms. The Bertz CT molecular complexity index is 607. The number of carboxylic acid groups (broad SMARTS) is 1. The molecular formula is C14H15NO2S2. The van der Waals surface area contributed by atoms with Crippen LogP contribution in [-0.2, 0) is 11.2 Å². The van der Waals surface area contributed by atoms with Gasteiger partial charge in [0, 0.05) is 17.7 Å². The molecule has 2 aromatic rings. The summed E-state index contributed by atoms with van der Waals surface area (Å²) in [5.41, 5.74) is 3.50. The van der Waals surface area contributed by atoms with Gasteiger partial charge in [-0.1, -0.05) is 12.2 Å². The van der Waals surface area contributed by atoms with Crippen molar-refractivity contribution in [3.8, 4) is 0 Å². The number of aryl methyl sites for hydroxylation is 2. The second kappa shape index (κ2) is 5.75. The lowest BCUT2D eigenvalue weighted by atomic mass is 10.1. The summed E-state index contributed by atoms with van der Waals surface area (Å²) < 4.78 is 1.17. The third-order valence-electron chi connectivity index (χ3n) is 3.01. The number of thiocarbonyl (C=S) groups is 1. The molecule has 1 heterocycles. The van der Waals surface area contributed by atoms with Gasteiger partial charge in [0.15, 0.2) is 0 Å². The Kier molecular flexibility index (Phi) is 4.27. The van der Waals surface area contributed by atoms with Gasteiger partial charge in [0.1, 0.15) is 0 Å². The number of carboxylic acids is 1. The van der Waals surface area contributed by atoms with Gasteiger partial charge >= 0.3 is 5.97 Å². The van der Waals surface area contributed by atoms with E-state index in [0.717, 1.165) is 15.4 Å². The largest absolute Gasteiger partial charge is 0.481 e. The molecule has 3 nitrogen and oxygen atoms in total. The molecule has 19 heavy (non-hydrogen) atoms. The maximum absolute atomic E-state index is 10.5. The lowest BCUT2D eigenvalue weighted by Gasteiger charge is -1.97. The first-order valence-corrected chi connectivity index (χ1v) is 7.28. The quantitative estimate of drug-likeness (QED) is 0.854. The number of benzene rings is 1. The lowest BCUT2D eigenvalue weighted by Crippen LogP contribution is -2.03. The molecule has 1 N–H and O–H groups in total. The Balaban J connectivity index is 2.13. The second-order valence-corrected chi connectivity index (χ2v) is 6.31. The third kappa shape index (κ3) is 3.58. The Morgan fingerprint density at radius 3 is 2.68 bits per heavy atom. The van der Waals surface area contributed by atoms with E-state index in [1.807, 2.05) is 0 Å². The van der Waals surface area contributed by atoms with Crippen molar-refractivity contribution in [3.05, 3.63) is 28.3 Å². The Morgan fingerprint density at radius 2 is 2.00 bits per heavy atom. The van der Waals surface area contributed by atoms with Crippen LogP contribution in [0.4, 0.5) is 0 Å². The molecule has 0 unspecified atom stereocenters. The molecule has 0 aliphatic rings. The fourth-order valence-electron chi connectivity index (χ4n) is 1.81. The van der Waals surface area contributed by atoms with Gasteiger partial charge < -0.3 is 5.11 Å². The number of thiazole rings is 1. The van der Waals surface area contributed by atoms with Crippen LogP contribution in [0.3, 0.4) is 0 Å². The number of hydrogen-bond acceptors (Lipinski definition) is 4. The highest BCUT2D eigenvalue weighted by molar-refractivity contribution is 7.80. The van der Waals surface area contributed by atoms with Gasteiger partial charge in [0.25, 0.3) is 0 Å². The molecule has 0 aliphatic heterocycles. The average Bonchev–Trinajstić information content (AvgIpc) is 2.68. The first-order chi connectivity index (χ1) is 8.95. The Hall–Kier alpha value is -1.33. The lowest BCUT2D eigenvalue weighted by molar-refractivity contribution is -0.136. The van der Waals surface area contributed by atoms with Gasteiger partial charge in [0.2, 0.25) is 0 Å². The molecule has 0 saturated heterocycles. The van der Waals surface area contributed by atoms with Crippen LogP contribution in [-0.4, -0.2) is 20.9 Å². The van der Waals surface area contributed by atoms with Crippen LogP contribution in [0.1, 0.15) is 29.0 Å². The zero-order valence-electron chi connectivity index (χ0n) is 10.9. The highest BCUT2D eigenvalue weighted by Crippen LogP contribution is 2.26. The minimum atomic E-state index is -0.808. The summed E-state index contributed by atoms with van der Waals surface area (Å²) in [6.07, 6.45) is 1.14. The molecule has 0 radical (unpaired) electrons. The number of aliphatic carboxylic acids is 1. The fourth-order valence-corrected chi connectivity index (χ4v) is 3.23. The topological polar surface area (TPSA) is 50.2 Å². The molecule has 0 atom stereocenters. The van der Waals surface area contributed by atoms with E-state index in [-0.39, 0.29) is 6.42 Å². The van der Waals surface area contributed by atoms with Crippen LogP contribution in [0.2, 0.25) is 0 Å². The molecule has 2 rings (SSSR count). The molecule has 1 aromatic heterocycles. The zero-order valence-corrected chi connectivity index (χ0v) is 12.5. The Morgan fingerprint density at radius 1 is 1.32 bits per heavy atom. The predicted molar refractivity (Wildman–Crippen MR) is 82.3 cm³/mol. The number of fused-ring (bicyclic) bond motifs is 1. The molecular weight excluding hydrogens is 278 g/mol. The summed E-state index contributed by atoms with van der Waals surface area (Å²) in [5, 5.41) is 9.60. The Labute approximate surface area is 121 Å². The molecule has 0 aliphatic carbocycles. The van der Waals surface area contributed by atoms with Gasteiger partial charge in [-0.3, -0.25) is 4.79 Å². The van der Waals surface area contributed by atoms with Crippen LogP contribution >= 0.6 is 23.6 Å². The van der Waals surface area contributed by atoms with Crippen molar-refractivity contribution in [2.45, 2.75) is 33.1 Å². The highest BCUT2D eigenvalue weighted by atomic mass is 32.1. The van der Waals surface area contributed by atoms with Crippen LogP contribution < -0.4 is 0 Å². The number of rotatable bonds is 5. The van der Waals surface area contributed by atoms with E-state index >= 15 is 0 Å². The minimum absolute atomic E-state index is 0.0992. The summed E-state index contributed by atoms with van der Waals surface area (Å²) in [5.74, 6) is -0.808. The summed E-state index contributed by atoms with van der Waals surface area (Å²) in [4.78, 5) is 15.8. The molecule has 0 saturated carbocycles. The van der Waals surface area contributed by atoms with E-state index in [2.05, 4.69) is 31.0 Å². The molecule has 100 valence electrons. The van der Waals surface area contributed by atoms with E-state index in [0.29, 0.717) is 12.8 Å². The van der Waals surface area contributed by atoms with Crippen molar-refractivity contribution in [3.63, 3.8) is 0 Å². The van der Waals surface area contributed by atoms with Crippen LogP contribution in [0.5, 0.6) is 0 Å². The SMILES string of the molecule is Cc1cc2nc(CC(=S)CCC(=O)O)sc2cc1C. The van der Waals surface area contributed by atoms with E-state index < -0.39 is 5.97 Å². The first kappa shape index (κ1) is 14.1. The van der Waals surface area contributed by atoms with Crippen molar-refractivity contribution in [2.75, 3.05) is 0 Å². The molecule has 0 fully saturated rings. The number of nitrogens with zero attached hydrogens (tertiary/aromatic N) is 1. The predicted octanol–water partition coefficient (Wildman–Crippen LogP) is 3.69. The van der Waals surface area contributed by atoms with Gasteiger partial charge in [0.05, 0.1) is 15.2 Å². The second-order valence-electron chi connectivity index (χ2n) is 4.62. The average molecular weight is 293 g/mol. The molecule has 0 bridgehead atoms. The first-order valence-electron chi connectivity index (χ1n) is 6.06. The van der Waals surface area contributed by atoms with Crippen LogP contribution in [0.15, 0.2) is 12.1 Å². The van der Waals surface area contributed by atoms with E-state index in [1.165, 1.54) is 15.8 Å². The van der Waals surface area contributed by atoms with Gasteiger partial charge in [-0.2, -0.15) is 0 Å². The molecule has 5 heteroatoms. The van der Waals surface area contributed by atoms with Gasteiger partial charge in [-0.25, -0.2) is 4.98 Å². The zero-order chi connectivity index (χ0) is 14.0. The fraction of sp³-hybridized carbons (Fsp3) is 0.357. The van der Waals surface area contributed by atoms with Crippen molar-refractivity contribution in [2.24, 2.45) is 0 Å². The third-order valence-corrected chi connectivity index (χ3v) is 4.38. The van der Waals surface area contributed by atoms with Crippen molar-refractivity contribution in [1.82, 2.24) is 4.98 Å². The van der Waals surface area contributed by atoms with E-state index in [9.17, 15) is 4.79 Å². The maximum atomic E-state index is 10.5. The van der Waals surface area contributed by atoms with Crippen molar-refractivity contribution >= 4 is 44.6 Å². The van der Waals surface area contributed by atoms with Gasteiger partial charge in [-0.15, -0.1) is 11.3 Å². The standard InChI is InChI=1S/C14H15NO2S2/c1-8-5-11-12(6-9(8)2)19-13(15-11)7-10(18)3-4-14(16)17/h5-6H,3-4,7H2,1-2H3,(H,16,17). The number of aromatic nitrogens is 1. The summed E-state index contributed by atoms with van der Waals surface area (Å²) in [7, 11) is 0. The summed E-state index contributed by atoms with van der Waals surface area (Å²) in [6.45, 7) is 4.16. The molecule has 1 aromatic carbocycles. The summed E-state index contributed by atoms with van der Waals surface area (Å²) in [6, 6.07) is 4.23. The van der Waals surface area contributed by atoms with Crippen LogP contribution in [0, 0.1) is 13.8 Å². The van der Waals surface area contributed by atoms with Crippen LogP contribution in [0.25, 0.3) is 10.2 Å². The highest BCUT2D eigenvalue weighted by Gasteiger charge is 2.09. The van der Waals surface area contributed by atoms with Gasteiger partial charge in [-0.05, 0) is 43.5 Å². The number of hydrogen-bond donors (Lipinski definition) is 1. The van der Waals surface area contributed by atoms with Crippen molar-refractivity contribution in [1.29, 1.82) is 0 Å². The monoisotopic (exact) mass is 293 g/mol. The van der Waals surface area contributed by atoms with E-state index in [4.69, 9.17) is 17.3 Å². The molecule has 0 amide bonds. The minimum Gasteiger partial charge on any atom is -0.481 e. The van der Waals surface area contributed by atoms with E-state index in [1.54, 1.807) is 11.3 Å².